The monoisotopic (exact) mass is 438 g/mol. The smallest absolute Gasteiger partial charge is 0.236 e. The fourth-order valence-electron chi connectivity index (χ4n) is 4.23. The molecule has 0 unspecified atom stereocenters. The van der Waals surface area contributed by atoms with Crippen LogP contribution in [0.15, 0.2) is 42.6 Å². The Labute approximate surface area is 190 Å². The van der Waals surface area contributed by atoms with E-state index in [1.54, 1.807) is 6.20 Å². The van der Waals surface area contributed by atoms with Crippen molar-refractivity contribution in [1.29, 1.82) is 0 Å². The highest BCUT2D eigenvalue weighted by molar-refractivity contribution is 5.78. The molecule has 1 amide bonds. The van der Waals surface area contributed by atoms with E-state index in [-0.39, 0.29) is 5.91 Å². The zero-order valence-electron chi connectivity index (χ0n) is 19.0. The van der Waals surface area contributed by atoms with E-state index in [0.29, 0.717) is 31.3 Å². The number of nitrogens with zero attached hydrogens (tertiary/aromatic N) is 4. The Bertz CT molecular complexity index is 891. The third-order valence-electron chi connectivity index (χ3n) is 6.11. The molecule has 2 aliphatic rings. The van der Waals surface area contributed by atoms with Crippen molar-refractivity contribution in [2.75, 3.05) is 52.9 Å². The minimum Gasteiger partial charge on any atom is -0.490 e. The molecule has 1 aromatic carbocycles. The van der Waals surface area contributed by atoms with E-state index in [0.717, 1.165) is 69.7 Å². The Morgan fingerprint density at radius 1 is 0.938 bits per heavy atom. The molecule has 4 rings (SSSR count). The Balaban J connectivity index is 1.51. The number of carbonyl (C=O) groups is 1. The summed E-state index contributed by atoms with van der Waals surface area (Å²) in [6, 6.07) is 11.7. The lowest BCUT2D eigenvalue weighted by Gasteiger charge is -2.27. The number of hydrogen-bond acceptors (Lipinski definition) is 6. The van der Waals surface area contributed by atoms with Crippen molar-refractivity contribution < 1.29 is 14.3 Å². The maximum absolute atomic E-state index is 13.1. The topological polar surface area (TPSA) is 58.1 Å². The molecule has 1 fully saturated rings. The number of amides is 1. The van der Waals surface area contributed by atoms with E-state index in [1.807, 2.05) is 41.3 Å². The van der Waals surface area contributed by atoms with Crippen LogP contribution in [0.25, 0.3) is 0 Å². The molecule has 0 atom stereocenters. The van der Waals surface area contributed by atoms with Gasteiger partial charge in [0.05, 0.1) is 13.2 Å². The first-order chi connectivity index (χ1) is 15.7. The molecule has 2 aromatic rings. The third kappa shape index (κ3) is 6.20. The van der Waals surface area contributed by atoms with E-state index >= 15 is 0 Å². The molecule has 32 heavy (non-hydrogen) atoms. The lowest BCUT2D eigenvalue weighted by atomic mass is 10.2. The summed E-state index contributed by atoms with van der Waals surface area (Å²) in [5.41, 5.74) is 0.977. The molecule has 172 valence electrons. The van der Waals surface area contributed by atoms with Crippen molar-refractivity contribution in [2.24, 2.45) is 0 Å². The van der Waals surface area contributed by atoms with E-state index in [4.69, 9.17) is 9.47 Å². The second-order valence-corrected chi connectivity index (χ2v) is 8.67. The summed E-state index contributed by atoms with van der Waals surface area (Å²) >= 11 is 0. The fraction of sp³-hybridized carbons (Fsp3) is 0.520. The van der Waals surface area contributed by atoms with Crippen molar-refractivity contribution in [3.63, 3.8) is 0 Å². The van der Waals surface area contributed by atoms with E-state index in [1.165, 1.54) is 0 Å². The first kappa shape index (κ1) is 22.6. The molecule has 0 saturated carbocycles. The van der Waals surface area contributed by atoms with E-state index < -0.39 is 0 Å². The Hall–Kier alpha value is -2.64. The molecule has 1 aromatic heterocycles. The standard InChI is InChI=1S/C25H34N4O3/c1-27-13-8-15-29(17-16-27)24(30)20-28-14-5-2-6-18-31-22-10-3-4-11-23(22)32-25-21(19-28)9-7-12-26-25/h3-4,7,9-12H,2,5-6,8,13-20H2,1H3. The number of aromatic nitrogens is 1. The maximum atomic E-state index is 13.1. The lowest BCUT2D eigenvalue weighted by molar-refractivity contribution is -0.132. The van der Waals surface area contributed by atoms with Gasteiger partial charge < -0.3 is 19.3 Å². The Morgan fingerprint density at radius 2 is 1.81 bits per heavy atom. The van der Waals surface area contributed by atoms with Crippen LogP contribution in [0.3, 0.4) is 0 Å². The van der Waals surface area contributed by atoms with Crippen LogP contribution in [-0.4, -0.2) is 78.5 Å². The molecule has 0 bridgehead atoms. The van der Waals surface area contributed by atoms with Gasteiger partial charge in [-0.3, -0.25) is 9.69 Å². The molecule has 0 aliphatic carbocycles. The van der Waals surface area contributed by atoms with Crippen LogP contribution in [0.5, 0.6) is 17.4 Å². The van der Waals surface area contributed by atoms with Crippen molar-refractivity contribution in [2.45, 2.75) is 32.2 Å². The lowest BCUT2D eigenvalue weighted by Crippen LogP contribution is -2.42. The number of para-hydroxylation sites is 2. The number of carbonyl (C=O) groups excluding carboxylic acids is 1. The summed E-state index contributed by atoms with van der Waals surface area (Å²) < 4.78 is 12.2. The average Bonchev–Trinajstić information content (AvgIpc) is 3.01. The molecule has 1 saturated heterocycles. The minimum atomic E-state index is 0.213. The minimum absolute atomic E-state index is 0.213. The molecule has 0 N–H and O–H groups in total. The summed E-state index contributed by atoms with van der Waals surface area (Å²) in [5.74, 6) is 2.19. The predicted octanol–water partition coefficient (Wildman–Crippen LogP) is 3.40. The van der Waals surface area contributed by atoms with Crippen LogP contribution in [0.1, 0.15) is 31.2 Å². The summed E-state index contributed by atoms with van der Waals surface area (Å²) in [5, 5.41) is 0. The fourth-order valence-corrected chi connectivity index (χ4v) is 4.23. The van der Waals surface area contributed by atoms with Crippen molar-refractivity contribution in [1.82, 2.24) is 19.7 Å². The van der Waals surface area contributed by atoms with Gasteiger partial charge in [-0.15, -0.1) is 0 Å². The van der Waals surface area contributed by atoms with Gasteiger partial charge >= 0.3 is 0 Å². The van der Waals surface area contributed by atoms with Crippen LogP contribution in [0.2, 0.25) is 0 Å². The SMILES string of the molecule is CN1CCCN(C(=O)CN2CCCCCOc3ccccc3Oc3ncccc3C2)CC1. The predicted molar refractivity (Wildman–Crippen MR) is 124 cm³/mol. The zero-order chi connectivity index (χ0) is 22.2. The van der Waals surface area contributed by atoms with Crippen LogP contribution in [0, 0.1) is 0 Å². The van der Waals surface area contributed by atoms with Crippen LogP contribution >= 0.6 is 0 Å². The number of fused-ring (bicyclic) bond motifs is 2. The Morgan fingerprint density at radius 3 is 2.72 bits per heavy atom. The largest absolute Gasteiger partial charge is 0.490 e. The number of pyridine rings is 1. The van der Waals surface area contributed by atoms with Gasteiger partial charge in [0.25, 0.3) is 0 Å². The molecular weight excluding hydrogens is 404 g/mol. The van der Waals surface area contributed by atoms with Crippen molar-refractivity contribution in [3.05, 3.63) is 48.2 Å². The van der Waals surface area contributed by atoms with Crippen LogP contribution < -0.4 is 9.47 Å². The quantitative estimate of drug-likeness (QED) is 0.716. The Kier molecular flexibility index (Phi) is 7.96. The van der Waals surface area contributed by atoms with Gasteiger partial charge in [0.1, 0.15) is 0 Å². The van der Waals surface area contributed by atoms with Crippen LogP contribution in [0.4, 0.5) is 0 Å². The van der Waals surface area contributed by atoms with Gasteiger partial charge in [-0.05, 0) is 64.0 Å². The molecule has 7 heteroatoms. The van der Waals surface area contributed by atoms with E-state index in [2.05, 4.69) is 21.8 Å². The second kappa shape index (κ2) is 11.3. The number of ether oxygens (including phenoxy) is 2. The van der Waals surface area contributed by atoms with Gasteiger partial charge in [-0.25, -0.2) is 4.98 Å². The van der Waals surface area contributed by atoms with E-state index in [9.17, 15) is 4.79 Å². The van der Waals surface area contributed by atoms with Gasteiger partial charge in [-0.1, -0.05) is 18.2 Å². The third-order valence-corrected chi connectivity index (χ3v) is 6.11. The molecule has 7 nitrogen and oxygen atoms in total. The second-order valence-electron chi connectivity index (χ2n) is 8.67. The van der Waals surface area contributed by atoms with Gasteiger partial charge in [-0.2, -0.15) is 0 Å². The summed E-state index contributed by atoms with van der Waals surface area (Å²) in [7, 11) is 2.12. The first-order valence-corrected chi connectivity index (χ1v) is 11.7. The molecule has 2 aliphatic heterocycles. The number of rotatable bonds is 2. The summed E-state index contributed by atoms with van der Waals surface area (Å²) in [4.78, 5) is 24.2. The normalized spacial score (nSPS) is 19.1. The number of hydrogen-bond donors (Lipinski definition) is 0. The van der Waals surface area contributed by atoms with Gasteiger partial charge in [0.2, 0.25) is 11.8 Å². The highest BCUT2D eigenvalue weighted by Gasteiger charge is 2.21. The number of benzene rings is 1. The number of likely N-dealkylation sites (N-methyl/N-ethyl adjacent to an activating group) is 1. The van der Waals surface area contributed by atoms with Crippen molar-refractivity contribution in [3.8, 4) is 17.4 Å². The first-order valence-electron chi connectivity index (χ1n) is 11.7. The van der Waals surface area contributed by atoms with Gasteiger partial charge in [0, 0.05) is 37.9 Å². The molecule has 0 radical (unpaired) electrons. The zero-order valence-corrected chi connectivity index (χ0v) is 19.0. The highest BCUT2D eigenvalue weighted by atomic mass is 16.5. The average molecular weight is 439 g/mol. The molecule has 3 heterocycles. The highest BCUT2D eigenvalue weighted by Crippen LogP contribution is 2.32. The summed E-state index contributed by atoms with van der Waals surface area (Å²) in [6.07, 6.45) is 5.82. The summed E-state index contributed by atoms with van der Waals surface area (Å²) in [6.45, 7) is 6.19. The maximum Gasteiger partial charge on any atom is 0.236 e. The molecule has 0 spiro atoms. The van der Waals surface area contributed by atoms with Crippen LogP contribution in [-0.2, 0) is 11.3 Å². The van der Waals surface area contributed by atoms with Gasteiger partial charge in [0.15, 0.2) is 11.5 Å². The molecular formula is C25H34N4O3. The van der Waals surface area contributed by atoms with Crippen molar-refractivity contribution >= 4 is 5.91 Å².